The first-order valence-electron chi connectivity index (χ1n) is 5.96. The van der Waals surface area contributed by atoms with Gasteiger partial charge in [-0.2, -0.15) is 0 Å². The van der Waals surface area contributed by atoms with Gasteiger partial charge in [0.25, 0.3) is 0 Å². The molecule has 0 unspecified atom stereocenters. The van der Waals surface area contributed by atoms with Crippen molar-refractivity contribution in [2.24, 2.45) is 0 Å². The first-order chi connectivity index (χ1) is 9.58. The van der Waals surface area contributed by atoms with Gasteiger partial charge in [0.15, 0.2) is 11.6 Å². The molecule has 0 radical (unpaired) electrons. The summed E-state index contributed by atoms with van der Waals surface area (Å²) in [6.45, 7) is 0. The predicted octanol–water partition coefficient (Wildman–Crippen LogP) is 2.99. The molecule has 0 aromatic heterocycles. The fourth-order valence-electron chi connectivity index (χ4n) is 2.25. The van der Waals surface area contributed by atoms with Gasteiger partial charge in [-0.1, -0.05) is 24.3 Å². The molecule has 0 fully saturated rings. The van der Waals surface area contributed by atoms with E-state index >= 15 is 0 Å². The molecule has 20 heavy (non-hydrogen) atoms. The number of ketones is 2. The van der Waals surface area contributed by atoms with E-state index < -0.39 is 11.6 Å². The minimum Gasteiger partial charge on any atom is -0.507 e. The quantitative estimate of drug-likeness (QED) is 0.865. The monoisotopic (exact) mass is 268 g/mol. The van der Waals surface area contributed by atoms with Gasteiger partial charge in [-0.05, 0) is 29.8 Å². The van der Waals surface area contributed by atoms with Crippen LogP contribution in [0.5, 0.6) is 5.75 Å². The van der Waals surface area contributed by atoms with E-state index in [4.69, 9.17) is 0 Å². The second-order valence-corrected chi connectivity index (χ2v) is 4.46. The second-order valence-electron chi connectivity index (χ2n) is 4.46. The highest BCUT2D eigenvalue weighted by Crippen LogP contribution is 2.32. The van der Waals surface area contributed by atoms with Gasteiger partial charge in [0.05, 0.1) is 5.56 Å². The minimum atomic E-state index is -0.433. The largest absolute Gasteiger partial charge is 0.507 e. The lowest BCUT2D eigenvalue weighted by Gasteiger charge is -2.16. The molecule has 0 heterocycles. The average molecular weight is 268 g/mol. The van der Waals surface area contributed by atoms with Crippen molar-refractivity contribution in [1.82, 2.24) is 0 Å². The van der Waals surface area contributed by atoms with Gasteiger partial charge in [-0.25, -0.2) is 4.39 Å². The molecule has 2 aromatic rings. The molecule has 2 aromatic carbocycles. The number of aromatic hydroxyl groups is 1. The number of halogens is 1. The number of fused-ring (bicyclic) bond motifs is 1. The summed E-state index contributed by atoms with van der Waals surface area (Å²) in [5.41, 5.74) is 0.854. The van der Waals surface area contributed by atoms with Crippen molar-refractivity contribution in [3.63, 3.8) is 0 Å². The highest BCUT2D eigenvalue weighted by atomic mass is 19.1. The van der Waals surface area contributed by atoms with Crippen LogP contribution in [0.15, 0.2) is 48.5 Å². The summed E-state index contributed by atoms with van der Waals surface area (Å²) < 4.78 is 12.9. The van der Waals surface area contributed by atoms with Crippen LogP contribution < -0.4 is 0 Å². The van der Waals surface area contributed by atoms with Gasteiger partial charge in [-0.3, -0.25) is 9.59 Å². The zero-order valence-corrected chi connectivity index (χ0v) is 10.3. The maximum atomic E-state index is 12.9. The third-order valence-corrected chi connectivity index (χ3v) is 3.21. The normalized spacial score (nSPS) is 13.9. The number of allylic oxidation sites excluding steroid dienone is 2. The molecule has 4 heteroatoms. The summed E-state index contributed by atoms with van der Waals surface area (Å²) in [5.74, 6) is -1.42. The Morgan fingerprint density at radius 3 is 2.35 bits per heavy atom. The molecule has 0 bridgehead atoms. The number of carbonyl (C=O) groups is 2. The van der Waals surface area contributed by atoms with Gasteiger partial charge in [0.2, 0.25) is 0 Å². The third-order valence-electron chi connectivity index (χ3n) is 3.21. The van der Waals surface area contributed by atoms with Crippen LogP contribution in [-0.2, 0) is 0 Å². The topological polar surface area (TPSA) is 54.4 Å². The van der Waals surface area contributed by atoms with Gasteiger partial charge >= 0.3 is 0 Å². The first-order valence-corrected chi connectivity index (χ1v) is 5.96. The first kappa shape index (κ1) is 12.3. The standard InChI is InChI=1S/C16H9FO3/c17-10-6-4-9(5-7-10)12-8-14(19)15-11(16(12)20)2-1-3-13(15)18/h1-8,18H. The SMILES string of the molecule is O=C1C(c2ccc(F)cc2)=CC(=O)c2c(O)cccc21. The molecule has 98 valence electrons. The summed E-state index contributed by atoms with van der Waals surface area (Å²) in [6, 6.07) is 9.71. The predicted molar refractivity (Wildman–Crippen MR) is 71.1 cm³/mol. The van der Waals surface area contributed by atoms with Gasteiger partial charge in [0.1, 0.15) is 11.6 Å². The third kappa shape index (κ3) is 1.82. The number of phenols is 1. The summed E-state index contributed by atoms with van der Waals surface area (Å²) in [7, 11) is 0. The van der Waals surface area contributed by atoms with Crippen molar-refractivity contribution >= 4 is 17.1 Å². The van der Waals surface area contributed by atoms with Crippen molar-refractivity contribution in [2.75, 3.05) is 0 Å². The Bertz CT molecular complexity index is 758. The smallest absolute Gasteiger partial charge is 0.194 e. The Labute approximate surface area is 114 Å². The Balaban J connectivity index is 2.15. The maximum absolute atomic E-state index is 12.9. The number of carbonyl (C=O) groups excluding carboxylic acids is 2. The summed E-state index contributed by atoms with van der Waals surface area (Å²) in [5, 5.41) is 9.69. The van der Waals surface area contributed by atoms with Gasteiger partial charge in [0, 0.05) is 11.1 Å². The summed E-state index contributed by atoms with van der Waals surface area (Å²) in [6.07, 6.45) is 1.18. The molecule has 0 saturated heterocycles. The van der Waals surface area contributed by atoms with Crippen LogP contribution in [0.4, 0.5) is 4.39 Å². The van der Waals surface area contributed by atoms with Crippen LogP contribution in [-0.4, -0.2) is 16.7 Å². The van der Waals surface area contributed by atoms with Crippen LogP contribution in [0.25, 0.3) is 5.57 Å². The lowest BCUT2D eigenvalue weighted by molar-refractivity contribution is 0.0999. The fourth-order valence-corrected chi connectivity index (χ4v) is 2.25. The van der Waals surface area contributed by atoms with E-state index in [1.807, 2.05) is 0 Å². The van der Waals surface area contributed by atoms with E-state index in [0.717, 1.165) is 0 Å². The van der Waals surface area contributed by atoms with E-state index in [9.17, 15) is 19.1 Å². The molecule has 0 saturated carbocycles. The molecule has 1 aliphatic rings. The number of phenolic OH excluding ortho intramolecular Hbond substituents is 1. The van der Waals surface area contributed by atoms with Crippen molar-refractivity contribution in [3.8, 4) is 5.75 Å². The van der Waals surface area contributed by atoms with E-state index in [1.54, 1.807) is 0 Å². The van der Waals surface area contributed by atoms with E-state index in [2.05, 4.69) is 0 Å². The van der Waals surface area contributed by atoms with E-state index in [-0.39, 0.29) is 28.2 Å². The van der Waals surface area contributed by atoms with Crippen LogP contribution in [0.1, 0.15) is 26.3 Å². The van der Waals surface area contributed by atoms with E-state index in [0.29, 0.717) is 5.56 Å². The molecule has 1 N–H and O–H groups in total. The van der Waals surface area contributed by atoms with Crippen LogP contribution >= 0.6 is 0 Å². The zero-order valence-electron chi connectivity index (χ0n) is 10.3. The average Bonchev–Trinajstić information content (AvgIpc) is 2.44. The number of Topliss-reactive ketones (excluding diaryl/α,β-unsaturated/α-hetero) is 1. The van der Waals surface area contributed by atoms with Crippen LogP contribution in [0.3, 0.4) is 0 Å². The summed E-state index contributed by atoms with van der Waals surface area (Å²) >= 11 is 0. The number of benzene rings is 2. The molecule has 1 aliphatic carbocycles. The van der Waals surface area contributed by atoms with Gasteiger partial charge in [-0.15, -0.1) is 0 Å². The Morgan fingerprint density at radius 1 is 0.950 bits per heavy atom. The molecule has 3 nitrogen and oxygen atoms in total. The van der Waals surface area contributed by atoms with Gasteiger partial charge < -0.3 is 5.11 Å². The van der Waals surface area contributed by atoms with E-state index in [1.165, 1.54) is 48.5 Å². The van der Waals surface area contributed by atoms with Crippen molar-refractivity contribution in [2.45, 2.75) is 0 Å². The van der Waals surface area contributed by atoms with Crippen molar-refractivity contribution < 1.29 is 19.1 Å². The summed E-state index contributed by atoms with van der Waals surface area (Å²) in [4.78, 5) is 24.4. The second kappa shape index (κ2) is 4.42. The Hall–Kier alpha value is -2.75. The highest BCUT2D eigenvalue weighted by Gasteiger charge is 2.28. The molecule has 0 atom stereocenters. The minimum absolute atomic E-state index is 0.0170. The van der Waals surface area contributed by atoms with Crippen LogP contribution in [0, 0.1) is 5.82 Å². The Kier molecular flexibility index (Phi) is 2.71. The fraction of sp³-hybridized carbons (Fsp3) is 0. The van der Waals surface area contributed by atoms with Crippen molar-refractivity contribution in [3.05, 3.63) is 71.0 Å². The molecule has 0 amide bonds. The van der Waals surface area contributed by atoms with Crippen molar-refractivity contribution in [1.29, 1.82) is 0 Å². The number of hydrogen-bond acceptors (Lipinski definition) is 3. The zero-order chi connectivity index (χ0) is 14.3. The lowest BCUT2D eigenvalue weighted by atomic mass is 9.86. The highest BCUT2D eigenvalue weighted by molar-refractivity contribution is 6.39. The molecule has 0 aliphatic heterocycles. The number of hydrogen-bond donors (Lipinski definition) is 1. The molecular weight excluding hydrogens is 259 g/mol. The molecule has 3 rings (SSSR count). The van der Waals surface area contributed by atoms with Crippen LogP contribution in [0.2, 0.25) is 0 Å². The maximum Gasteiger partial charge on any atom is 0.194 e. The molecule has 0 spiro atoms. The lowest BCUT2D eigenvalue weighted by Crippen LogP contribution is -2.16. The molecular formula is C16H9FO3. The Morgan fingerprint density at radius 2 is 1.65 bits per heavy atom. The number of rotatable bonds is 1.